The number of fused-ring (bicyclic) bond motifs is 2. The van der Waals surface area contributed by atoms with Crippen molar-refractivity contribution in [3.8, 4) is 16.8 Å². The number of likely N-dealkylation sites (tertiary alicyclic amines) is 1. The lowest BCUT2D eigenvalue weighted by molar-refractivity contribution is 0.0732. The van der Waals surface area contributed by atoms with Crippen molar-refractivity contribution in [3.63, 3.8) is 0 Å². The van der Waals surface area contributed by atoms with E-state index in [0.29, 0.717) is 49.5 Å². The van der Waals surface area contributed by atoms with E-state index in [2.05, 4.69) is 32.3 Å². The fourth-order valence-electron chi connectivity index (χ4n) is 8.66. The van der Waals surface area contributed by atoms with Gasteiger partial charge in [-0.15, -0.1) is 0 Å². The second kappa shape index (κ2) is 16.4. The molecule has 1 saturated heterocycles. The van der Waals surface area contributed by atoms with E-state index in [-0.39, 0.29) is 22.8 Å². The standard InChI is InChI=1S/C45H48F2N8O5/c1-45(2,3)53(44(59)60)25-29-17-19-51(20-18-29)24-28-7-9-30(10-8-28)31-5-4-6-36(21-31)54-40-37(22-33(47)23-48-40)42(57)55(43(54)58)35-14-12-34(13-15-35)49-41(56)38-27-52-26-32(46)11-16-39(52)50-38/h4-11,16,21-23,26-27,29,34-35H,12-15,17-20,24-25H2,1-3H3,(H,49,56)(H,59,60). The Morgan fingerprint density at radius 2 is 1.62 bits per heavy atom. The second-order valence-electron chi connectivity index (χ2n) is 17.1. The van der Waals surface area contributed by atoms with Crippen LogP contribution in [0.3, 0.4) is 0 Å². The van der Waals surface area contributed by atoms with Gasteiger partial charge in [-0.1, -0.05) is 36.4 Å². The molecular formula is C45H48F2N8O5. The average Bonchev–Trinajstić information content (AvgIpc) is 3.65. The number of pyridine rings is 2. The Morgan fingerprint density at radius 3 is 2.32 bits per heavy atom. The molecule has 4 aromatic heterocycles. The number of halogens is 2. The third-order valence-corrected chi connectivity index (χ3v) is 11.9. The minimum absolute atomic E-state index is 0.0134. The van der Waals surface area contributed by atoms with Gasteiger partial charge in [-0.2, -0.15) is 0 Å². The van der Waals surface area contributed by atoms with Gasteiger partial charge in [-0.25, -0.2) is 32.9 Å². The van der Waals surface area contributed by atoms with Crippen LogP contribution in [-0.4, -0.2) is 81.6 Å². The minimum atomic E-state index is -0.881. The van der Waals surface area contributed by atoms with E-state index in [1.165, 1.54) is 38.1 Å². The maximum Gasteiger partial charge on any atom is 0.407 e. The zero-order valence-corrected chi connectivity index (χ0v) is 33.9. The summed E-state index contributed by atoms with van der Waals surface area (Å²) in [5, 5.41) is 12.7. The molecule has 1 aliphatic carbocycles. The van der Waals surface area contributed by atoms with Crippen LogP contribution in [0.4, 0.5) is 13.6 Å². The number of carbonyl (C=O) groups is 2. The summed E-state index contributed by atoms with van der Waals surface area (Å²) in [6, 6.07) is 18.8. The van der Waals surface area contributed by atoms with Crippen molar-refractivity contribution in [2.24, 2.45) is 5.92 Å². The van der Waals surface area contributed by atoms with Crippen LogP contribution in [0.1, 0.15) is 81.4 Å². The number of hydrogen-bond acceptors (Lipinski definition) is 7. The number of rotatable bonds is 9. The minimum Gasteiger partial charge on any atom is -0.465 e. The van der Waals surface area contributed by atoms with Crippen molar-refractivity contribution in [2.45, 2.75) is 83.5 Å². The lowest BCUT2D eigenvalue weighted by Gasteiger charge is -2.39. The third-order valence-electron chi connectivity index (χ3n) is 11.9. The summed E-state index contributed by atoms with van der Waals surface area (Å²) in [5.41, 5.74) is 2.40. The van der Waals surface area contributed by atoms with Crippen LogP contribution < -0.4 is 16.6 Å². The largest absolute Gasteiger partial charge is 0.465 e. The average molecular weight is 819 g/mol. The Morgan fingerprint density at radius 1 is 0.883 bits per heavy atom. The van der Waals surface area contributed by atoms with E-state index in [9.17, 15) is 33.1 Å². The highest BCUT2D eigenvalue weighted by atomic mass is 19.1. The lowest BCUT2D eigenvalue weighted by Crippen LogP contribution is -2.48. The first-order chi connectivity index (χ1) is 28.7. The number of nitrogens with one attached hydrogen (secondary N) is 1. The van der Waals surface area contributed by atoms with Crippen LogP contribution in [0.25, 0.3) is 33.5 Å². The van der Waals surface area contributed by atoms with Gasteiger partial charge >= 0.3 is 11.8 Å². The monoisotopic (exact) mass is 818 g/mol. The van der Waals surface area contributed by atoms with Crippen molar-refractivity contribution in [3.05, 3.63) is 129 Å². The first-order valence-corrected chi connectivity index (χ1v) is 20.4. The Hall–Kier alpha value is -6.22. The van der Waals surface area contributed by atoms with Crippen LogP contribution in [0, 0.1) is 17.6 Å². The summed E-state index contributed by atoms with van der Waals surface area (Å²) in [5.74, 6) is -1.22. The fraction of sp³-hybridized carbons (Fsp3) is 0.378. The molecule has 0 atom stereocenters. The molecule has 0 bridgehead atoms. The Labute approximate surface area is 344 Å². The van der Waals surface area contributed by atoms with Gasteiger partial charge in [-0.05, 0) is 125 Å². The molecular weight excluding hydrogens is 771 g/mol. The van der Waals surface area contributed by atoms with Crippen LogP contribution in [0.2, 0.25) is 0 Å². The zero-order valence-electron chi connectivity index (χ0n) is 33.9. The van der Waals surface area contributed by atoms with E-state index in [1.807, 2.05) is 51.1 Å². The molecule has 60 heavy (non-hydrogen) atoms. The number of amides is 2. The van der Waals surface area contributed by atoms with Crippen LogP contribution in [0.15, 0.2) is 94.9 Å². The van der Waals surface area contributed by atoms with Crippen LogP contribution in [-0.2, 0) is 6.54 Å². The normalized spacial score (nSPS) is 17.9. The van der Waals surface area contributed by atoms with Crippen LogP contribution >= 0.6 is 0 Å². The second-order valence-corrected chi connectivity index (χ2v) is 17.1. The maximum absolute atomic E-state index is 14.6. The summed E-state index contributed by atoms with van der Waals surface area (Å²) in [6.07, 6.45) is 6.49. The van der Waals surface area contributed by atoms with Crippen molar-refractivity contribution in [1.82, 2.24) is 38.6 Å². The molecule has 5 heterocycles. The summed E-state index contributed by atoms with van der Waals surface area (Å²) >= 11 is 0. The molecule has 0 radical (unpaired) electrons. The Kier molecular flexibility index (Phi) is 11.1. The van der Waals surface area contributed by atoms with Gasteiger partial charge < -0.3 is 19.7 Å². The van der Waals surface area contributed by atoms with E-state index < -0.39 is 46.5 Å². The summed E-state index contributed by atoms with van der Waals surface area (Å²) in [6.45, 7) is 8.87. The number of carboxylic acid groups (broad SMARTS) is 1. The van der Waals surface area contributed by atoms with Gasteiger partial charge in [0, 0.05) is 43.1 Å². The zero-order chi connectivity index (χ0) is 42.3. The Balaban J connectivity index is 0.973. The summed E-state index contributed by atoms with van der Waals surface area (Å²) in [7, 11) is 0. The highest BCUT2D eigenvalue weighted by Crippen LogP contribution is 2.29. The van der Waals surface area contributed by atoms with E-state index >= 15 is 0 Å². The number of nitrogens with zero attached hydrogens (tertiary/aromatic N) is 7. The SMILES string of the molecule is CC(C)(C)N(CC1CCN(Cc2ccc(-c3cccc(-n4c(=O)n(C5CCC(NC(=O)c6cn7cc(F)ccc7n6)CC5)c(=O)c5cc(F)cnc54)c3)cc2)CC1)C(=O)O. The van der Waals surface area contributed by atoms with E-state index in [1.54, 1.807) is 11.0 Å². The lowest BCUT2D eigenvalue weighted by atomic mass is 9.90. The number of aromatic nitrogens is 5. The quantitative estimate of drug-likeness (QED) is 0.158. The number of imidazole rings is 1. The van der Waals surface area contributed by atoms with Crippen molar-refractivity contribution in [1.29, 1.82) is 0 Å². The van der Waals surface area contributed by atoms with Crippen molar-refractivity contribution < 1.29 is 23.5 Å². The predicted octanol–water partition coefficient (Wildman–Crippen LogP) is 7.04. The number of carbonyl (C=O) groups excluding carboxylic acids is 1. The van der Waals surface area contributed by atoms with Crippen molar-refractivity contribution in [2.75, 3.05) is 19.6 Å². The van der Waals surface area contributed by atoms with Gasteiger partial charge in [0.2, 0.25) is 0 Å². The molecule has 2 fully saturated rings. The molecule has 312 valence electrons. The van der Waals surface area contributed by atoms with Gasteiger partial charge in [0.15, 0.2) is 5.65 Å². The summed E-state index contributed by atoms with van der Waals surface area (Å²) < 4.78 is 32.3. The van der Waals surface area contributed by atoms with Gasteiger partial charge in [0.05, 0.1) is 17.3 Å². The Bertz CT molecular complexity index is 2690. The highest BCUT2D eigenvalue weighted by Gasteiger charge is 2.31. The fourth-order valence-corrected chi connectivity index (χ4v) is 8.66. The first-order valence-electron chi connectivity index (χ1n) is 20.4. The van der Waals surface area contributed by atoms with Crippen LogP contribution in [0.5, 0.6) is 0 Å². The highest BCUT2D eigenvalue weighted by molar-refractivity contribution is 5.93. The molecule has 6 aromatic rings. The van der Waals surface area contributed by atoms with Gasteiger partial charge in [0.1, 0.15) is 23.0 Å². The molecule has 15 heteroatoms. The molecule has 8 rings (SSSR count). The maximum atomic E-state index is 14.6. The molecule has 1 saturated carbocycles. The molecule has 2 aliphatic rings. The summed E-state index contributed by atoms with van der Waals surface area (Å²) in [4.78, 5) is 65.7. The molecule has 2 N–H and O–H groups in total. The van der Waals surface area contributed by atoms with Gasteiger partial charge in [0.25, 0.3) is 11.5 Å². The van der Waals surface area contributed by atoms with E-state index in [0.717, 1.165) is 61.4 Å². The topological polar surface area (TPSA) is 147 Å². The smallest absolute Gasteiger partial charge is 0.407 e. The number of benzene rings is 2. The molecule has 1 aliphatic heterocycles. The molecule has 2 amide bonds. The number of hydrogen-bond donors (Lipinski definition) is 2. The number of piperidine rings is 1. The van der Waals surface area contributed by atoms with Crippen molar-refractivity contribution >= 4 is 28.7 Å². The molecule has 13 nitrogen and oxygen atoms in total. The molecule has 2 aromatic carbocycles. The van der Waals surface area contributed by atoms with E-state index in [4.69, 9.17) is 0 Å². The van der Waals surface area contributed by atoms with Gasteiger partial charge in [-0.3, -0.25) is 19.1 Å². The first kappa shape index (κ1) is 40.6. The predicted molar refractivity (Wildman–Crippen MR) is 223 cm³/mol. The molecule has 0 spiro atoms. The third kappa shape index (κ3) is 8.44. The molecule has 0 unspecified atom stereocenters.